The summed E-state index contributed by atoms with van der Waals surface area (Å²) in [5.74, 6) is 0. The van der Waals surface area contributed by atoms with Crippen molar-refractivity contribution in [3.63, 3.8) is 0 Å². The Hall–Kier alpha value is -12.8. The minimum atomic E-state index is -0.631. The van der Waals surface area contributed by atoms with Crippen LogP contribution in [0.2, 0.25) is 0 Å². The first kappa shape index (κ1) is 55.5. The van der Waals surface area contributed by atoms with Gasteiger partial charge in [-0.1, -0.05) is 295 Å². The summed E-state index contributed by atoms with van der Waals surface area (Å²) in [5, 5.41) is 5.52. The van der Waals surface area contributed by atoms with E-state index in [1.807, 2.05) is 72.8 Å². The van der Waals surface area contributed by atoms with Gasteiger partial charge in [-0.2, -0.15) is 0 Å². The van der Waals surface area contributed by atoms with Crippen molar-refractivity contribution in [2.24, 2.45) is 0 Å². The minimum absolute atomic E-state index is 0.0404. The molecule has 15 aromatic carbocycles. The quantitative estimate of drug-likeness (QED) is 0.142. The number of hydrogen-bond acceptors (Lipinski definition) is 3. The van der Waals surface area contributed by atoms with Gasteiger partial charge in [0.15, 0.2) is 11.2 Å². The van der Waals surface area contributed by atoms with Gasteiger partial charge in [0.2, 0.25) is 0 Å². The highest BCUT2D eigenvalue weighted by Gasteiger charge is 2.46. The van der Waals surface area contributed by atoms with Crippen LogP contribution >= 0.6 is 0 Å². The van der Waals surface area contributed by atoms with Crippen molar-refractivity contribution in [3.8, 4) is 50.4 Å². The van der Waals surface area contributed by atoms with E-state index < -0.39 is 73.2 Å². The van der Waals surface area contributed by atoms with Gasteiger partial charge < -0.3 is 27.9 Å². The lowest BCUT2D eigenvalue weighted by Crippen LogP contribution is -2.61. The Morgan fingerprint density at radius 2 is 0.690 bits per heavy atom. The first-order valence-corrected chi connectivity index (χ1v) is 39.0. The number of nitrogens with zero attached hydrogens (tertiary/aromatic N) is 5. The van der Waals surface area contributed by atoms with Crippen molar-refractivity contribution in [2.45, 2.75) is 105 Å². The number of anilines is 6. The number of benzene rings is 15. The molecule has 4 aromatic heterocycles. The molecule has 0 atom stereocenters. The van der Waals surface area contributed by atoms with Gasteiger partial charge in [-0.15, -0.1) is 0 Å². The summed E-state index contributed by atoms with van der Waals surface area (Å²) in [7, 11) is 0. The molecule has 0 saturated heterocycles. The maximum absolute atomic E-state index is 9.75. The Balaban J connectivity index is 0.957. The van der Waals surface area contributed by atoms with E-state index in [2.05, 4.69) is 260 Å². The Kier molecular flexibility index (Phi) is 12.2. The molecule has 0 saturated carbocycles. The van der Waals surface area contributed by atoms with Crippen LogP contribution in [0.4, 0.5) is 34.1 Å². The average Bonchev–Trinajstić information content (AvgIpc) is 1.24. The number of furan rings is 1. The van der Waals surface area contributed by atoms with E-state index in [4.69, 9.17) is 8.53 Å². The zero-order valence-electron chi connectivity index (χ0n) is 78.2. The van der Waals surface area contributed by atoms with Crippen LogP contribution in [0, 0.1) is 0 Å². The largest absolute Gasteiger partial charge is 0.452 e. The fourth-order valence-electron chi connectivity index (χ4n) is 18.0. The highest BCUT2D eigenvalue weighted by atomic mass is 16.3. The van der Waals surface area contributed by atoms with Crippen molar-refractivity contribution < 1.29 is 22.2 Å². The van der Waals surface area contributed by atoms with E-state index in [9.17, 15) is 13.7 Å². The molecule has 6 heterocycles. The molecule has 113 heavy (non-hydrogen) atoms. The van der Waals surface area contributed by atoms with Crippen LogP contribution in [-0.4, -0.2) is 20.4 Å². The standard InChI is InChI=1S/C106H88BN5O/c1-103(2,3)69-46-53-89-81(58-69)82-59-70(104(4,5)6)47-54-90(82)108(89)73-50-52-86-96(62-73)111(94-44-28-40-80-79-39-27-43-93(101(79)113-102(80)94)110-87-41-24-22-35-77(87)78-36-23-25-42-88(78)110)97-63-74(109-91-55-48-71(105(7,8)9)60-83(91)84-61-72(106(10,11)12)49-56-92(84)109)64-98-99(97)107(86)85-51-45-68(65-29-16-13-17-30-65)57-95(85)112(98)100-75(66-31-18-14-19-32-66)37-26-38-76(100)67-33-20-15-21-34-67/h13-64H,1-12H3/i13D,16D,17D,22D,23D,24D,25D,29D,30D,35D,36D,41D,42D. The molecule has 6 nitrogen and oxygen atoms in total. The molecule has 0 spiro atoms. The van der Waals surface area contributed by atoms with Gasteiger partial charge in [-0.3, -0.25) is 0 Å². The highest BCUT2D eigenvalue weighted by Crippen LogP contribution is 2.54. The minimum Gasteiger partial charge on any atom is -0.452 e. The van der Waals surface area contributed by atoms with Crippen LogP contribution in [0.15, 0.2) is 320 Å². The van der Waals surface area contributed by atoms with Crippen LogP contribution in [0.25, 0.3) is 138 Å². The maximum Gasteiger partial charge on any atom is 0.252 e. The molecule has 2 aliphatic heterocycles. The van der Waals surface area contributed by atoms with E-state index in [1.165, 1.54) is 26.8 Å². The number of hydrogen-bond donors (Lipinski definition) is 0. The molecular formula is C106H88BN5O. The molecule has 0 fully saturated rings. The second-order valence-corrected chi connectivity index (χ2v) is 34.7. The Morgan fingerprint density at radius 1 is 0.274 bits per heavy atom. The molecule has 21 rings (SSSR count). The second kappa shape index (κ2) is 24.8. The lowest BCUT2D eigenvalue weighted by molar-refractivity contribution is 0.590. The van der Waals surface area contributed by atoms with Gasteiger partial charge >= 0.3 is 0 Å². The van der Waals surface area contributed by atoms with Gasteiger partial charge in [0.25, 0.3) is 6.71 Å². The fraction of sp³-hybridized carbons (Fsp3) is 0.151. The van der Waals surface area contributed by atoms with Gasteiger partial charge in [0.1, 0.15) is 0 Å². The Bertz CT molecular complexity index is 7710. The molecule has 19 aromatic rings. The summed E-state index contributed by atoms with van der Waals surface area (Å²) in [4.78, 5) is 4.73. The summed E-state index contributed by atoms with van der Waals surface area (Å²) in [6.07, 6.45) is 0. The Labute approximate surface area is 679 Å². The van der Waals surface area contributed by atoms with Crippen molar-refractivity contribution in [2.75, 3.05) is 9.80 Å². The number of rotatable bonds is 8. The Morgan fingerprint density at radius 3 is 1.19 bits per heavy atom. The molecule has 0 bridgehead atoms. The molecule has 7 heteroatoms. The normalized spacial score (nSPS) is 14.9. The van der Waals surface area contributed by atoms with Crippen LogP contribution in [0.1, 0.15) is 123 Å². The fourth-order valence-corrected chi connectivity index (χ4v) is 18.0. The third-order valence-corrected chi connectivity index (χ3v) is 23.8. The monoisotopic (exact) mass is 1470 g/mol. The van der Waals surface area contributed by atoms with Crippen LogP contribution in [0.5, 0.6) is 0 Å². The molecule has 0 N–H and O–H groups in total. The lowest BCUT2D eigenvalue weighted by Gasteiger charge is -2.45. The molecule has 546 valence electrons. The summed E-state index contributed by atoms with van der Waals surface area (Å²) in [6, 6.07) is 77.8. The SMILES string of the molecule is [2H]c1c([2H])c([2H])c(-c2ccc3c(c2)N(c2c(-c4ccccc4)cccc2-c2ccccc2)c2cc(-n4c5ccc(C(C)(C)C)cc5c5cc(C(C)(C)C)ccc54)cc4c2B3c2ccc(-n3c5ccc(C(C)(C)C)cc5c5cc(C(C)(C)C)ccc53)cc2N4c2cccc3c2oc2c(-n4c5c([2H])c([2H])c([2H])c([2H])c5c5c([2H])c([2H])c([2H])c([2H])c54)cccc23)c([2H])c1[2H]. The van der Waals surface area contributed by atoms with Gasteiger partial charge in [0, 0.05) is 82.7 Å². The zero-order chi connectivity index (χ0) is 88.2. The van der Waals surface area contributed by atoms with Crippen molar-refractivity contribution in [3.05, 3.63) is 337 Å². The van der Waals surface area contributed by atoms with Crippen molar-refractivity contribution >= 4 is 145 Å². The zero-order valence-corrected chi connectivity index (χ0v) is 65.2. The molecule has 0 amide bonds. The lowest BCUT2D eigenvalue weighted by atomic mass is 9.33. The molecule has 2 aliphatic rings. The smallest absolute Gasteiger partial charge is 0.252 e. The van der Waals surface area contributed by atoms with Crippen LogP contribution in [0.3, 0.4) is 0 Å². The van der Waals surface area contributed by atoms with E-state index >= 15 is 0 Å². The number of para-hydroxylation sites is 5. The molecule has 0 unspecified atom stereocenters. The predicted molar refractivity (Wildman–Crippen MR) is 482 cm³/mol. The van der Waals surface area contributed by atoms with Gasteiger partial charge in [0.05, 0.1) is 73.7 Å². The molecular weight excluding hydrogens is 1370 g/mol. The molecule has 0 radical (unpaired) electrons. The average molecular weight is 1470 g/mol. The highest BCUT2D eigenvalue weighted by molar-refractivity contribution is 7.00. The number of fused-ring (bicyclic) bond motifs is 16. The maximum atomic E-state index is 9.75. The van der Waals surface area contributed by atoms with Crippen molar-refractivity contribution in [1.82, 2.24) is 13.7 Å². The van der Waals surface area contributed by atoms with E-state index in [0.717, 1.165) is 116 Å². The molecule has 0 aliphatic carbocycles. The van der Waals surface area contributed by atoms with Gasteiger partial charge in [-0.05, 0) is 186 Å². The van der Waals surface area contributed by atoms with E-state index in [0.29, 0.717) is 33.3 Å². The van der Waals surface area contributed by atoms with E-state index in [-0.39, 0.29) is 72.4 Å². The first-order chi connectivity index (χ1) is 60.0. The first-order valence-electron chi connectivity index (χ1n) is 45.5. The summed E-state index contributed by atoms with van der Waals surface area (Å²) in [6.45, 7) is 26.3. The summed E-state index contributed by atoms with van der Waals surface area (Å²) < 4.78 is 136. The third kappa shape index (κ3) is 10.6. The topological polar surface area (TPSA) is 34.4 Å². The van der Waals surface area contributed by atoms with Crippen LogP contribution in [-0.2, 0) is 21.7 Å². The predicted octanol–water partition coefficient (Wildman–Crippen LogP) is 27.2. The summed E-state index contributed by atoms with van der Waals surface area (Å²) >= 11 is 0. The van der Waals surface area contributed by atoms with Crippen LogP contribution < -0.4 is 26.2 Å². The number of aromatic nitrogens is 3. The van der Waals surface area contributed by atoms with E-state index in [1.54, 1.807) is 6.07 Å². The van der Waals surface area contributed by atoms with Gasteiger partial charge in [-0.25, -0.2) is 0 Å². The summed E-state index contributed by atoms with van der Waals surface area (Å²) in [5.41, 5.74) is 21.6. The second-order valence-electron chi connectivity index (χ2n) is 34.7. The van der Waals surface area contributed by atoms with Crippen molar-refractivity contribution in [1.29, 1.82) is 0 Å². The third-order valence-electron chi connectivity index (χ3n) is 23.8.